The molecule has 0 aliphatic rings. The average Bonchev–Trinajstić information content (AvgIpc) is 2.83. The molecule has 6 heteroatoms. The van der Waals surface area contributed by atoms with E-state index in [9.17, 15) is 9.90 Å². The van der Waals surface area contributed by atoms with Crippen molar-refractivity contribution in [2.45, 2.75) is 13.5 Å². The summed E-state index contributed by atoms with van der Waals surface area (Å²) in [6.45, 7) is 2.43. The average molecular weight is 276 g/mol. The Bertz CT molecular complexity index is 647. The van der Waals surface area contributed by atoms with Crippen molar-refractivity contribution < 1.29 is 19.5 Å². The van der Waals surface area contributed by atoms with Gasteiger partial charge in [0.05, 0.1) is 0 Å². The van der Waals surface area contributed by atoms with Crippen LogP contribution >= 0.6 is 0 Å². The number of hydrogen-bond donors (Lipinski definition) is 2. The summed E-state index contributed by atoms with van der Waals surface area (Å²) in [6.07, 6.45) is 0. The molecule has 0 aliphatic carbocycles. The van der Waals surface area contributed by atoms with Crippen molar-refractivity contribution >= 4 is 5.97 Å². The minimum Gasteiger partial charge on any atom is -0.508 e. The summed E-state index contributed by atoms with van der Waals surface area (Å²) in [5, 5.41) is 22.3. The Labute approximate surface area is 116 Å². The van der Waals surface area contributed by atoms with Crippen LogP contribution in [0.25, 0.3) is 11.3 Å². The molecule has 0 aliphatic heterocycles. The Hall–Kier alpha value is -2.34. The van der Waals surface area contributed by atoms with Gasteiger partial charge in [0.15, 0.2) is 11.5 Å². The molecule has 2 N–H and O–H groups in total. The van der Waals surface area contributed by atoms with E-state index in [1.54, 1.807) is 12.1 Å². The van der Waals surface area contributed by atoms with Crippen molar-refractivity contribution in [3.8, 4) is 17.1 Å². The lowest BCUT2D eigenvalue weighted by Crippen LogP contribution is -2.12. The molecule has 2 rings (SSSR count). The molecule has 0 atom stereocenters. The first-order chi connectivity index (χ1) is 9.40. The highest BCUT2D eigenvalue weighted by molar-refractivity contribution is 5.86. The maximum atomic E-state index is 10.8. The van der Waals surface area contributed by atoms with Crippen LogP contribution in [0.5, 0.6) is 5.75 Å². The maximum absolute atomic E-state index is 10.8. The highest BCUT2D eigenvalue weighted by Crippen LogP contribution is 2.32. The van der Waals surface area contributed by atoms with Crippen molar-refractivity contribution in [1.29, 1.82) is 0 Å². The molecule has 0 amide bonds. The molecule has 20 heavy (non-hydrogen) atoms. The van der Waals surface area contributed by atoms with Gasteiger partial charge in [0.1, 0.15) is 5.75 Å². The molecule has 0 fully saturated rings. The van der Waals surface area contributed by atoms with E-state index in [1.807, 2.05) is 25.9 Å². The van der Waals surface area contributed by atoms with E-state index in [-0.39, 0.29) is 11.4 Å². The molecule has 6 nitrogen and oxygen atoms in total. The molecule has 0 spiro atoms. The number of carbonyl (C=O) groups is 1. The summed E-state index contributed by atoms with van der Waals surface area (Å²) in [5.41, 5.74) is 2.20. The van der Waals surface area contributed by atoms with Crippen molar-refractivity contribution in [1.82, 2.24) is 10.1 Å². The zero-order chi connectivity index (χ0) is 14.9. The fourth-order valence-electron chi connectivity index (χ4n) is 2.03. The van der Waals surface area contributed by atoms with E-state index in [2.05, 4.69) is 5.16 Å². The molecule has 2 aromatic rings. The Kier molecular flexibility index (Phi) is 3.76. The predicted octanol–water partition coefficient (Wildman–Crippen LogP) is 2.12. The smallest absolute Gasteiger partial charge is 0.358 e. The lowest BCUT2D eigenvalue weighted by Gasteiger charge is -2.15. The molecular weight excluding hydrogens is 260 g/mol. The lowest BCUT2D eigenvalue weighted by atomic mass is 9.99. The van der Waals surface area contributed by atoms with Crippen LogP contribution in [0.1, 0.15) is 21.6 Å². The SMILES string of the molecule is Cc1c(-c2cc(C(=O)O)no2)ccc(O)c1CN(C)C. The van der Waals surface area contributed by atoms with Crippen molar-refractivity contribution in [2.24, 2.45) is 0 Å². The Morgan fingerprint density at radius 2 is 2.10 bits per heavy atom. The number of carboxylic acid groups (broad SMARTS) is 1. The van der Waals surface area contributed by atoms with Crippen molar-refractivity contribution in [2.75, 3.05) is 14.1 Å². The van der Waals surface area contributed by atoms with Crippen molar-refractivity contribution in [3.63, 3.8) is 0 Å². The van der Waals surface area contributed by atoms with E-state index in [0.29, 0.717) is 12.3 Å². The second-order valence-corrected chi connectivity index (χ2v) is 4.86. The van der Waals surface area contributed by atoms with Gasteiger partial charge in [-0.15, -0.1) is 0 Å². The number of nitrogens with zero attached hydrogens (tertiary/aromatic N) is 2. The van der Waals surface area contributed by atoms with Crippen LogP contribution in [-0.4, -0.2) is 40.3 Å². The maximum Gasteiger partial charge on any atom is 0.358 e. The lowest BCUT2D eigenvalue weighted by molar-refractivity contribution is 0.0686. The predicted molar refractivity (Wildman–Crippen MR) is 72.7 cm³/mol. The summed E-state index contributed by atoms with van der Waals surface area (Å²) in [6, 6.07) is 4.64. The third kappa shape index (κ3) is 2.65. The van der Waals surface area contributed by atoms with Gasteiger partial charge in [0.25, 0.3) is 0 Å². The van der Waals surface area contributed by atoms with E-state index >= 15 is 0 Å². The van der Waals surface area contributed by atoms with Crippen LogP contribution in [0.3, 0.4) is 0 Å². The Morgan fingerprint density at radius 3 is 2.65 bits per heavy atom. The molecule has 1 aromatic carbocycles. The third-order valence-electron chi connectivity index (χ3n) is 3.04. The van der Waals surface area contributed by atoms with E-state index in [1.165, 1.54) is 6.07 Å². The third-order valence-corrected chi connectivity index (χ3v) is 3.04. The monoisotopic (exact) mass is 276 g/mol. The number of rotatable bonds is 4. The molecular formula is C14H16N2O4. The molecule has 0 unspecified atom stereocenters. The molecule has 1 heterocycles. The standard InChI is InChI=1S/C14H16N2O4/c1-8-9(13-6-11(14(18)19)15-20-13)4-5-12(17)10(8)7-16(2)3/h4-6,17H,7H2,1-3H3,(H,18,19). The Morgan fingerprint density at radius 1 is 1.40 bits per heavy atom. The first kappa shape index (κ1) is 14.1. The van der Waals surface area contributed by atoms with Gasteiger partial charge in [-0.2, -0.15) is 0 Å². The van der Waals surface area contributed by atoms with Crippen LogP contribution < -0.4 is 0 Å². The minimum atomic E-state index is -1.13. The van der Waals surface area contributed by atoms with Crippen LogP contribution in [0.15, 0.2) is 22.7 Å². The van der Waals surface area contributed by atoms with Gasteiger partial charge in [-0.1, -0.05) is 5.16 Å². The molecule has 0 bridgehead atoms. The number of benzene rings is 1. The second kappa shape index (κ2) is 5.34. The minimum absolute atomic E-state index is 0.137. The summed E-state index contributed by atoms with van der Waals surface area (Å²) < 4.78 is 5.07. The molecule has 1 aromatic heterocycles. The number of phenols is 1. The quantitative estimate of drug-likeness (QED) is 0.889. The number of aromatic hydroxyl groups is 1. The molecule has 0 saturated heterocycles. The summed E-state index contributed by atoms with van der Waals surface area (Å²) >= 11 is 0. The van der Waals surface area contributed by atoms with Crippen LogP contribution in [0.4, 0.5) is 0 Å². The van der Waals surface area contributed by atoms with Crippen LogP contribution in [0, 0.1) is 6.92 Å². The summed E-state index contributed by atoms with van der Waals surface area (Å²) in [4.78, 5) is 12.8. The number of aromatic nitrogens is 1. The number of carboxylic acids is 1. The van der Waals surface area contributed by atoms with Crippen LogP contribution in [-0.2, 0) is 6.54 Å². The highest BCUT2D eigenvalue weighted by atomic mass is 16.5. The van der Waals surface area contributed by atoms with E-state index in [0.717, 1.165) is 16.7 Å². The van der Waals surface area contributed by atoms with Gasteiger partial charge in [-0.25, -0.2) is 4.79 Å². The zero-order valence-electron chi connectivity index (χ0n) is 11.5. The largest absolute Gasteiger partial charge is 0.508 e. The van der Waals surface area contributed by atoms with E-state index < -0.39 is 5.97 Å². The summed E-state index contributed by atoms with van der Waals surface area (Å²) in [7, 11) is 3.81. The van der Waals surface area contributed by atoms with Crippen molar-refractivity contribution in [3.05, 3.63) is 35.0 Å². The topological polar surface area (TPSA) is 86.8 Å². The number of hydrogen-bond acceptors (Lipinski definition) is 5. The summed E-state index contributed by atoms with van der Waals surface area (Å²) in [5.74, 6) is -0.553. The first-order valence-corrected chi connectivity index (χ1v) is 6.06. The van der Waals surface area contributed by atoms with Gasteiger partial charge in [-0.3, -0.25) is 0 Å². The fraction of sp³-hybridized carbons (Fsp3) is 0.286. The van der Waals surface area contributed by atoms with Gasteiger partial charge in [-0.05, 0) is 38.7 Å². The molecule has 0 saturated carbocycles. The first-order valence-electron chi connectivity index (χ1n) is 6.06. The Balaban J connectivity index is 2.48. The number of aromatic carboxylic acids is 1. The van der Waals surface area contributed by atoms with Gasteiger partial charge < -0.3 is 19.6 Å². The van der Waals surface area contributed by atoms with Crippen LogP contribution in [0.2, 0.25) is 0 Å². The second-order valence-electron chi connectivity index (χ2n) is 4.86. The van der Waals surface area contributed by atoms with E-state index in [4.69, 9.17) is 9.63 Å². The van der Waals surface area contributed by atoms with Gasteiger partial charge in [0.2, 0.25) is 0 Å². The normalized spacial score (nSPS) is 11.0. The molecule has 106 valence electrons. The van der Waals surface area contributed by atoms with Gasteiger partial charge in [0, 0.05) is 23.7 Å². The fourth-order valence-corrected chi connectivity index (χ4v) is 2.03. The number of phenolic OH excluding ortho intramolecular Hbond substituents is 1. The zero-order valence-corrected chi connectivity index (χ0v) is 11.5. The molecule has 0 radical (unpaired) electrons. The van der Waals surface area contributed by atoms with Gasteiger partial charge >= 0.3 is 5.97 Å². The highest BCUT2D eigenvalue weighted by Gasteiger charge is 2.17.